The molecule has 1 aromatic rings. The summed E-state index contributed by atoms with van der Waals surface area (Å²) in [5.41, 5.74) is 2.51. The topological polar surface area (TPSA) is 36.9 Å². The van der Waals surface area contributed by atoms with E-state index in [9.17, 15) is 0 Å². The molecule has 0 bridgehead atoms. The number of allylic oxidation sites excluding steroid dienone is 4. The van der Waals surface area contributed by atoms with Crippen LogP contribution in [0.5, 0.6) is 11.5 Å². The second kappa shape index (κ2) is 5.57. The van der Waals surface area contributed by atoms with Crippen LogP contribution in [-0.4, -0.2) is 14.2 Å². The largest absolute Gasteiger partial charge is 0.668 e. The van der Waals surface area contributed by atoms with Crippen molar-refractivity contribution in [3.05, 3.63) is 47.6 Å². The molecule has 0 unspecified atom stereocenters. The summed E-state index contributed by atoms with van der Waals surface area (Å²) in [6.45, 7) is 0. The highest BCUT2D eigenvalue weighted by atomic mass is 31.2. The normalized spacial score (nSPS) is 19.0. The molecule has 1 aliphatic carbocycles. The third-order valence-corrected chi connectivity index (χ3v) is 5.16. The highest BCUT2D eigenvalue weighted by Gasteiger charge is 2.57. The lowest BCUT2D eigenvalue weighted by molar-refractivity contribution is 0.200. The van der Waals surface area contributed by atoms with Crippen molar-refractivity contribution in [3.8, 4) is 11.5 Å². The molecule has 0 aromatic heterocycles. The minimum Gasteiger partial charge on any atom is -0.250 e. The second-order valence-electron chi connectivity index (χ2n) is 4.71. The van der Waals surface area contributed by atoms with Crippen molar-refractivity contribution in [1.82, 2.24) is 0 Å². The van der Waals surface area contributed by atoms with Crippen molar-refractivity contribution in [2.24, 2.45) is 0 Å². The van der Waals surface area contributed by atoms with Gasteiger partial charge in [0.15, 0.2) is 0 Å². The first-order chi connectivity index (χ1) is 9.76. The van der Waals surface area contributed by atoms with E-state index in [0.717, 1.165) is 30.6 Å². The lowest BCUT2D eigenvalue weighted by atomic mass is 9.97. The molecule has 0 N–H and O–H groups in total. The molecule has 0 amide bonds. The number of benzene rings is 1. The fourth-order valence-corrected chi connectivity index (χ4v) is 3.69. The number of hydrogen-bond donors (Lipinski definition) is 0. The zero-order valence-corrected chi connectivity index (χ0v) is 12.6. The first-order valence-electron chi connectivity index (χ1n) is 6.62. The van der Waals surface area contributed by atoms with Crippen LogP contribution < -0.4 is 9.05 Å². The van der Waals surface area contributed by atoms with Gasteiger partial charge in [-0.25, -0.2) is 9.05 Å². The smallest absolute Gasteiger partial charge is 0.250 e. The minimum absolute atomic E-state index is 0.700. The fourth-order valence-electron chi connectivity index (χ4n) is 2.39. The Morgan fingerprint density at radius 3 is 2.75 bits per heavy atom. The van der Waals surface area contributed by atoms with E-state index in [1.165, 1.54) is 19.8 Å². The summed E-state index contributed by atoms with van der Waals surface area (Å²) in [5, 5.41) is 0. The number of hydrogen-bond acceptors (Lipinski definition) is 4. The first-order valence-corrected chi connectivity index (χ1v) is 8.08. The van der Waals surface area contributed by atoms with Crippen molar-refractivity contribution < 1.29 is 18.1 Å². The molecule has 1 heterocycles. The zero-order chi connectivity index (χ0) is 14.0. The van der Waals surface area contributed by atoms with Gasteiger partial charge in [-0.1, -0.05) is 35.9 Å². The summed E-state index contributed by atoms with van der Waals surface area (Å²) in [5.74, 6) is 1.45. The van der Waals surface area contributed by atoms with E-state index in [1.807, 2.05) is 12.1 Å². The van der Waals surface area contributed by atoms with E-state index in [0.29, 0.717) is 5.75 Å². The Bertz CT molecular complexity index is 561. The van der Waals surface area contributed by atoms with Gasteiger partial charge in [0.2, 0.25) is 11.5 Å². The van der Waals surface area contributed by atoms with E-state index >= 15 is 0 Å². The van der Waals surface area contributed by atoms with Crippen LogP contribution >= 0.6 is 8.17 Å². The molecule has 20 heavy (non-hydrogen) atoms. The highest BCUT2D eigenvalue weighted by Crippen LogP contribution is 2.68. The van der Waals surface area contributed by atoms with Crippen LogP contribution in [-0.2, 0) is 15.5 Å². The monoisotopic (exact) mass is 293 g/mol. The molecule has 4 nitrogen and oxygen atoms in total. The molecule has 0 spiro atoms. The van der Waals surface area contributed by atoms with Gasteiger partial charge in [0.25, 0.3) is 0 Å². The van der Waals surface area contributed by atoms with Gasteiger partial charge in [0, 0.05) is 5.56 Å². The van der Waals surface area contributed by atoms with Crippen molar-refractivity contribution in [1.29, 1.82) is 0 Å². The van der Waals surface area contributed by atoms with E-state index < -0.39 is 8.17 Å². The third kappa shape index (κ3) is 2.47. The Morgan fingerprint density at radius 1 is 1.20 bits per heavy atom. The Balaban J connectivity index is 1.87. The zero-order valence-electron chi connectivity index (χ0n) is 11.7. The van der Waals surface area contributed by atoms with Crippen molar-refractivity contribution in [2.75, 3.05) is 14.2 Å². The average molecular weight is 293 g/mol. The van der Waals surface area contributed by atoms with E-state index in [2.05, 4.69) is 24.3 Å². The van der Waals surface area contributed by atoms with Crippen LogP contribution in [0, 0.1) is 0 Å². The van der Waals surface area contributed by atoms with Gasteiger partial charge >= 0.3 is 8.17 Å². The molecule has 0 atom stereocenters. The number of para-hydroxylation sites is 1. The lowest BCUT2D eigenvalue weighted by Crippen LogP contribution is -2.06. The van der Waals surface area contributed by atoms with Crippen LogP contribution in [0.15, 0.2) is 42.0 Å². The Kier molecular flexibility index (Phi) is 3.79. The molecule has 106 valence electrons. The van der Waals surface area contributed by atoms with E-state index in [4.69, 9.17) is 18.1 Å². The maximum atomic E-state index is 5.86. The van der Waals surface area contributed by atoms with E-state index in [1.54, 1.807) is 0 Å². The molecular formula is C15H18O4P+. The average Bonchev–Trinajstić information content (AvgIpc) is 2.89. The Labute approximate surface area is 119 Å². The third-order valence-electron chi connectivity index (χ3n) is 3.44. The van der Waals surface area contributed by atoms with Gasteiger partial charge in [0.1, 0.15) is 0 Å². The van der Waals surface area contributed by atoms with Crippen LogP contribution in [0.3, 0.4) is 0 Å². The summed E-state index contributed by atoms with van der Waals surface area (Å²) in [4.78, 5) is 0. The molecule has 0 saturated carbocycles. The maximum absolute atomic E-state index is 5.86. The van der Waals surface area contributed by atoms with Gasteiger partial charge in [-0.2, -0.15) is 0 Å². The molecule has 0 fully saturated rings. The molecule has 5 heteroatoms. The number of rotatable bonds is 4. The van der Waals surface area contributed by atoms with Crippen LogP contribution in [0.1, 0.15) is 18.4 Å². The van der Waals surface area contributed by atoms with E-state index in [-0.39, 0.29) is 0 Å². The lowest BCUT2D eigenvalue weighted by Gasteiger charge is -2.10. The molecule has 3 rings (SSSR count). The van der Waals surface area contributed by atoms with Gasteiger partial charge < -0.3 is 0 Å². The quantitative estimate of drug-likeness (QED) is 0.778. The van der Waals surface area contributed by atoms with Gasteiger partial charge in [-0.05, 0) is 25.3 Å². The highest BCUT2D eigenvalue weighted by molar-refractivity contribution is 7.57. The molecular weight excluding hydrogens is 275 g/mol. The molecule has 2 aliphatic rings. The van der Waals surface area contributed by atoms with Crippen molar-refractivity contribution in [3.63, 3.8) is 0 Å². The maximum Gasteiger partial charge on any atom is 0.668 e. The molecule has 0 radical (unpaired) electrons. The summed E-state index contributed by atoms with van der Waals surface area (Å²) < 4.78 is 22.2. The summed E-state index contributed by atoms with van der Waals surface area (Å²) in [6.07, 6.45) is 9.53. The summed E-state index contributed by atoms with van der Waals surface area (Å²) in [7, 11) is 0.374. The molecule has 0 saturated heterocycles. The Morgan fingerprint density at radius 2 is 2.05 bits per heavy atom. The predicted molar refractivity (Wildman–Crippen MR) is 78.8 cm³/mol. The number of fused-ring (bicyclic) bond motifs is 1. The van der Waals surface area contributed by atoms with Crippen LogP contribution in [0.2, 0.25) is 0 Å². The van der Waals surface area contributed by atoms with Crippen LogP contribution in [0.4, 0.5) is 0 Å². The van der Waals surface area contributed by atoms with Crippen molar-refractivity contribution >= 4 is 8.17 Å². The standard InChI is InChI=1S/C15H18O4P/c1-16-20(17-2)18-14-10-6-9-13(15(14)19-20)11-12-7-4-3-5-8-12/h3-4,6-7,9-10H,5,8,11H2,1-2H3/q+1. The summed E-state index contributed by atoms with van der Waals surface area (Å²) in [6, 6.07) is 5.92. The summed E-state index contributed by atoms with van der Waals surface area (Å²) >= 11 is 0. The Hall–Kier alpha value is -1.35. The minimum atomic E-state index is -2.70. The predicted octanol–water partition coefficient (Wildman–Crippen LogP) is 4.25. The second-order valence-corrected chi connectivity index (χ2v) is 6.70. The first kappa shape index (κ1) is 13.6. The fraction of sp³-hybridized carbons (Fsp3) is 0.333. The SMILES string of the molecule is CO[P+]1(OC)Oc2cccc(CC3=CC=CCC3)c2O1. The molecule has 1 aliphatic heterocycles. The van der Waals surface area contributed by atoms with Gasteiger partial charge in [-0.15, -0.1) is 9.05 Å². The molecule has 1 aromatic carbocycles. The van der Waals surface area contributed by atoms with Gasteiger partial charge in [0.05, 0.1) is 14.2 Å². The van der Waals surface area contributed by atoms with Gasteiger partial charge in [-0.3, -0.25) is 0 Å². The van der Waals surface area contributed by atoms with Crippen molar-refractivity contribution in [2.45, 2.75) is 19.3 Å². The van der Waals surface area contributed by atoms with Crippen LogP contribution in [0.25, 0.3) is 0 Å².